The van der Waals surface area contributed by atoms with Crippen LogP contribution in [0.1, 0.15) is 19.8 Å². The Morgan fingerprint density at radius 2 is 2.30 bits per heavy atom. The van der Waals surface area contributed by atoms with Crippen LogP contribution < -0.4 is 5.50 Å². The highest BCUT2D eigenvalue weighted by atomic mass is 31.1. The van der Waals surface area contributed by atoms with Gasteiger partial charge in [0.05, 0.1) is 0 Å². The van der Waals surface area contributed by atoms with Gasteiger partial charge in [-0.15, -0.1) is 0 Å². The van der Waals surface area contributed by atoms with Crippen molar-refractivity contribution in [3.63, 3.8) is 0 Å². The summed E-state index contributed by atoms with van der Waals surface area (Å²) in [7, 11) is 1.64. The van der Waals surface area contributed by atoms with Crippen LogP contribution in [0.2, 0.25) is 6.32 Å². The lowest BCUT2D eigenvalue weighted by Gasteiger charge is -2.08. The van der Waals surface area contributed by atoms with Gasteiger partial charge in [0, 0.05) is 0 Å². The minimum absolute atomic E-state index is 0.592. The first kappa shape index (κ1) is 10.3. The molecule has 0 aromatic rings. The Bertz CT molecular complexity index is 110. The van der Waals surface area contributed by atoms with Gasteiger partial charge in [-0.25, -0.2) is 0 Å². The van der Waals surface area contributed by atoms with Gasteiger partial charge >= 0.3 is 0 Å². The summed E-state index contributed by atoms with van der Waals surface area (Å²) < 4.78 is 0. The van der Waals surface area contributed by atoms with E-state index in [1.54, 1.807) is 0 Å². The molecular formula is C7H19BNP. The van der Waals surface area contributed by atoms with E-state index in [2.05, 4.69) is 27.2 Å². The fourth-order valence-electron chi connectivity index (χ4n) is 1.15. The number of nitrogens with two attached hydrogens (primary N) is 1. The first-order valence-electron chi connectivity index (χ1n) is 4.14. The summed E-state index contributed by atoms with van der Waals surface area (Å²) in [5, 5.41) is 0. The van der Waals surface area contributed by atoms with Gasteiger partial charge in [-0.2, -0.15) is 0 Å². The third-order valence-corrected chi connectivity index (χ3v) is 2.68. The highest BCUT2D eigenvalue weighted by molar-refractivity contribution is 7.54. The van der Waals surface area contributed by atoms with Crippen LogP contribution in [0.5, 0.6) is 0 Å². The van der Waals surface area contributed by atoms with E-state index in [1.165, 1.54) is 19.2 Å². The van der Waals surface area contributed by atoms with Crippen molar-refractivity contribution in [3.05, 3.63) is 0 Å². The monoisotopic (exact) mass is 159 g/mol. The molecule has 0 aromatic carbocycles. The van der Waals surface area contributed by atoms with Gasteiger partial charge in [0.2, 0.25) is 0 Å². The molecule has 0 rings (SSSR count). The van der Waals surface area contributed by atoms with Crippen molar-refractivity contribution in [1.29, 1.82) is 0 Å². The largest absolute Gasteiger partial charge is 0.313 e. The fourth-order valence-corrected chi connectivity index (χ4v) is 2.29. The average Bonchev–Trinajstić information content (AvgIpc) is 1.86. The smallest absolute Gasteiger partial charge is 0.101 e. The SMILES string of the molecule is BCCC(/C=[PH](\C)N)CC. The molecule has 0 bridgehead atoms. The minimum Gasteiger partial charge on any atom is -0.313 e. The van der Waals surface area contributed by atoms with Crippen LogP contribution in [0.25, 0.3) is 0 Å². The molecule has 0 radical (unpaired) electrons. The summed E-state index contributed by atoms with van der Waals surface area (Å²) in [6, 6.07) is 0. The normalized spacial score (nSPS) is 17.1. The van der Waals surface area contributed by atoms with Crippen LogP contribution in [-0.4, -0.2) is 20.3 Å². The maximum Gasteiger partial charge on any atom is 0.101 e. The summed E-state index contributed by atoms with van der Waals surface area (Å²) in [5.74, 6) is 3.14. The van der Waals surface area contributed by atoms with Crippen LogP contribution in [0, 0.1) is 5.92 Å². The van der Waals surface area contributed by atoms with Gasteiger partial charge in [-0.05, 0) is 19.0 Å². The summed E-state index contributed by atoms with van der Waals surface area (Å²) in [5.41, 5.74) is 5.75. The molecule has 0 aromatic heterocycles. The first-order valence-corrected chi connectivity index (χ1v) is 6.30. The molecule has 0 heterocycles. The lowest BCUT2D eigenvalue weighted by Crippen LogP contribution is -2.00. The Balaban J connectivity index is 3.71. The molecule has 60 valence electrons. The molecule has 0 saturated heterocycles. The molecule has 10 heavy (non-hydrogen) atoms. The zero-order valence-corrected chi connectivity index (χ0v) is 8.35. The van der Waals surface area contributed by atoms with Gasteiger partial charge in [0.25, 0.3) is 0 Å². The van der Waals surface area contributed by atoms with Crippen LogP contribution in [0.4, 0.5) is 0 Å². The second-order valence-corrected chi connectivity index (χ2v) is 4.69. The number of hydrogen-bond donors (Lipinski definition) is 1. The lowest BCUT2D eigenvalue weighted by molar-refractivity contribution is 0.660. The van der Waals surface area contributed by atoms with Gasteiger partial charge in [0.1, 0.15) is 7.85 Å². The molecule has 0 spiro atoms. The Kier molecular flexibility index (Phi) is 6.26. The molecule has 2 atom stereocenters. The maximum atomic E-state index is 5.75. The van der Waals surface area contributed by atoms with E-state index in [-0.39, 0.29) is 0 Å². The lowest BCUT2D eigenvalue weighted by atomic mass is 9.93. The highest BCUT2D eigenvalue weighted by Gasteiger charge is 1.98. The first-order chi connectivity index (χ1) is 4.70. The van der Waals surface area contributed by atoms with Gasteiger partial charge < -0.3 is 5.50 Å². The van der Waals surface area contributed by atoms with Crippen LogP contribution in [0.3, 0.4) is 0 Å². The summed E-state index contributed by atoms with van der Waals surface area (Å²) in [6.45, 7) is 4.38. The topological polar surface area (TPSA) is 26.0 Å². The Morgan fingerprint density at radius 1 is 1.70 bits per heavy atom. The van der Waals surface area contributed by atoms with Crippen LogP contribution in [0.15, 0.2) is 0 Å². The molecule has 0 aliphatic heterocycles. The Hall–Kier alpha value is 0.325. The molecular weight excluding hydrogens is 140 g/mol. The molecule has 0 amide bonds. The molecule has 2 unspecified atom stereocenters. The van der Waals surface area contributed by atoms with E-state index in [0.29, 0.717) is 0 Å². The van der Waals surface area contributed by atoms with Gasteiger partial charge in [-0.3, -0.25) is 0 Å². The maximum absolute atomic E-state index is 5.75. The molecule has 0 fully saturated rings. The minimum atomic E-state index is -0.592. The van der Waals surface area contributed by atoms with E-state index in [9.17, 15) is 0 Å². The second kappa shape index (κ2) is 6.06. The zero-order chi connectivity index (χ0) is 7.98. The third kappa shape index (κ3) is 5.14. The Labute approximate surface area is 66.2 Å². The van der Waals surface area contributed by atoms with Crippen molar-refractivity contribution in [2.24, 2.45) is 11.4 Å². The van der Waals surface area contributed by atoms with E-state index in [4.69, 9.17) is 5.50 Å². The van der Waals surface area contributed by atoms with Gasteiger partial charge in [-0.1, -0.05) is 33.2 Å². The van der Waals surface area contributed by atoms with E-state index in [0.717, 1.165) is 5.92 Å². The highest BCUT2D eigenvalue weighted by Crippen LogP contribution is 2.13. The number of rotatable bonds is 4. The summed E-state index contributed by atoms with van der Waals surface area (Å²) in [4.78, 5) is 0. The molecule has 3 heteroatoms. The summed E-state index contributed by atoms with van der Waals surface area (Å²) in [6.07, 6.45) is 3.85. The molecule has 2 N–H and O–H groups in total. The van der Waals surface area contributed by atoms with Crippen molar-refractivity contribution in [1.82, 2.24) is 0 Å². The summed E-state index contributed by atoms with van der Waals surface area (Å²) >= 11 is 0. The quantitative estimate of drug-likeness (QED) is 0.480. The third-order valence-electron chi connectivity index (χ3n) is 1.68. The molecule has 0 saturated carbocycles. The van der Waals surface area contributed by atoms with Crippen molar-refractivity contribution in [2.45, 2.75) is 26.1 Å². The number of hydrogen-bond acceptors (Lipinski definition) is 1. The van der Waals surface area contributed by atoms with Gasteiger partial charge in [0.15, 0.2) is 0 Å². The average molecular weight is 159 g/mol. The molecule has 0 aliphatic carbocycles. The zero-order valence-electron chi connectivity index (χ0n) is 7.35. The van der Waals surface area contributed by atoms with Crippen molar-refractivity contribution >= 4 is 21.3 Å². The molecule has 1 nitrogen and oxygen atoms in total. The van der Waals surface area contributed by atoms with Crippen LogP contribution >= 0.6 is 7.70 Å². The fraction of sp³-hybridized carbons (Fsp3) is 0.857. The van der Waals surface area contributed by atoms with Crippen LogP contribution in [-0.2, 0) is 0 Å². The molecule has 0 aliphatic rings. The van der Waals surface area contributed by atoms with E-state index in [1.807, 2.05) is 0 Å². The van der Waals surface area contributed by atoms with Crippen molar-refractivity contribution < 1.29 is 0 Å². The van der Waals surface area contributed by atoms with E-state index >= 15 is 0 Å². The van der Waals surface area contributed by atoms with Crippen molar-refractivity contribution in [3.8, 4) is 0 Å². The predicted molar refractivity (Wildman–Crippen MR) is 56.2 cm³/mol. The van der Waals surface area contributed by atoms with E-state index < -0.39 is 7.70 Å². The second-order valence-electron chi connectivity index (χ2n) is 2.87. The van der Waals surface area contributed by atoms with Crippen molar-refractivity contribution in [2.75, 3.05) is 6.66 Å². The standard InChI is InChI=1S/C7H19BNP/c1-3-7(4-5-8)6-10(2)9/h6-7,10H,3-5,8-9H2,1-2H3. The Morgan fingerprint density at radius 3 is 2.60 bits per heavy atom. The predicted octanol–water partition coefficient (Wildman–Crippen LogP) is 0.974.